The number of fused-ring (bicyclic) bond motifs is 1. The van der Waals surface area contributed by atoms with Gasteiger partial charge in [-0.2, -0.15) is 0 Å². The van der Waals surface area contributed by atoms with Gasteiger partial charge in [-0.3, -0.25) is 4.90 Å². The summed E-state index contributed by atoms with van der Waals surface area (Å²) in [5.74, 6) is 0.632. The van der Waals surface area contributed by atoms with Crippen molar-refractivity contribution >= 4 is 22.5 Å². The molecule has 1 aromatic carbocycles. The normalized spacial score (nSPS) is 20.2. The monoisotopic (exact) mass is 275 g/mol. The lowest BCUT2D eigenvalue weighted by Gasteiger charge is -2.16. The van der Waals surface area contributed by atoms with Crippen molar-refractivity contribution in [3.63, 3.8) is 0 Å². The summed E-state index contributed by atoms with van der Waals surface area (Å²) in [6.07, 6.45) is 1.19. The van der Waals surface area contributed by atoms with Crippen LogP contribution in [0.2, 0.25) is 5.15 Å². The van der Waals surface area contributed by atoms with Gasteiger partial charge in [-0.15, -0.1) is 0 Å². The molecule has 0 saturated carbocycles. The number of nitrogens with zero attached hydrogens (tertiary/aromatic N) is 2. The maximum atomic E-state index is 6.29. The second-order valence-corrected chi connectivity index (χ2v) is 5.61. The van der Waals surface area contributed by atoms with Crippen LogP contribution in [-0.2, 0) is 6.54 Å². The number of benzene rings is 1. The molecule has 100 valence electrons. The topological polar surface area (TPSA) is 42.1 Å². The third-order valence-electron chi connectivity index (χ3n) is 3.85. The minimum absolute atomic E-state index is 0.620. The first-order valence-corrected chi connectivity index (χ1v) is 7.10. The van der Waals surface area contributed by atoms with E-state index in [1.54, 1.807) is 0 Å². The number of hydrogen-bond acceptors (Lipinski definition) is 3. The van der Waals surface area contributed by atoms with Crippen LogP contribution in [-0.4, -0.2) is 29.5 Å². The summed E-state index contributed by atoms with van der Waals surface area (Å²) in [5, 5.41) is 1.77. The fourth-order valence-corrected chi connectivity index (χ4v) is 2.94. The molecule has 2 N–H and O–H groups in total. The van der Waals surface area contributed by atoms with Crippen molar-refractivity contribution in [2.24, 2.45) is 11.7 Å². The van der Waals surface area contributed by atoms with Crippen LogP contribution in [0.5, 0.6) is 0 Å². The Labute approximate surface area is 118 Å². The number of pyridine rings is 1. The summed E-state index contributed by atoms with van der Waals surface area (Å²) >= 11 is 6.29. The fourth-order valence-electron chi connectivity index (χ4n) is 2.74. The number of aromatic nitrogens is 1. The van der Waals surface area contributed by atoms with Gasteiger partial charge in [0.1, 0.15) is 5.15 Å². The maximum absolute atomic E-state index is 6.29. The van der Waals surface area contributed by atoms with Crippen molar-refractivity contribution in [2.75, 3.05) is 19.6 Å². The van der Waals surface area contributed by atoms with Crippen molar-refractivity contribution in [1.29, 1.82) is 0 Å². The summed E-state index contributed by atoms with van der Waals surface area (Å²) in [5.41, 5.74) is 7.79. The van der Waals surface area contributed by atoms with Crippen LogP contribution >= 0.6 is 11.6 Å². The van der Waals surface area contributed by atoms with Gasteiger partial charge in [0.15, 0.2) is 0 Å². The van der Waals surface area contributed by atoms with E-state index in [1.807, 2.05) is 18.2 Å². The molecule has 1 aliphatic rings. The quantitative estimate of drug-likeness (QED) is 0.876. The van der Waals surface area contributed by atoms with E-state index in [1.165, 1.54) is 6.42 Å². The number of halogens is 1. The highest BCUT2D eigenvalue weighted by Crippen LogP contribution is 2.24. The van der Waals surface area contributed by atoms with Crippen molar-refractivity contribution < 1.29 is 0 Å². The number of likely N-dealkylation sites (tertiary alicyclic amines) is 1. The van der Waals surface area contributed by atoms with Crippen molar-refractivity contribution in [2.45, 2.75) is 13.0 Å². The van der Waals surface area contributed by atoms with Gasteiger partial charge in [0.05, 0.1) is 5.52 Å². The molecule has 3 rings (SSSR count). The van der Waals surface area contributed by atoms with Gasteiger partial charge >= 0.3 is 0 Å². The standard InChI is InChI=1S/C15H18ClN3/c16-15-13(10-19-6-5-11(8-17)9-19)7-12-3-1-2-4-14(12)18-15/h1-4,7,11H,5-6,8-10,17H2. The van der Waals surface area contributed by atoms with E-state index in [2.05, 4.69) is 22.0 Å². The Morgan fingerprint density at radius 3 is 3.00 bits per heavy atom. The largest absolute Gasteiger partial charge is 0.330 e. The second-order valence-electron chi connectivity index (χ2n) is 5.26. The molecule has 1 atom stereocenters. The first kappa shape index (κ1) is 12.9. The lowest BCUT2D eigenvalue weighted by atomic mass is 10.1. The molecule has 2 heterocycles. The third kappa shape index (κ3) is 2.73. The molecular weight excluding hydrogens is 258 g/mol. The van der Waals surface area contributed by atoms with Gasteiger partial charge in [0, 0.05) is 24.0 Å². The molecule has 3 nitrogen and oxygen atoms in total. The average molecular weight is 276 g/mol. The molecule has 19 heavy (non-hydrogen) atoms. The van der Waals surface area contributed by atoms with E-state index >= 15 is 0 Å². The summed E-state index contributed by atoms with van der Waals surface area (Å²) in [6, 6.07) is 10.2. The van der Waals surface area contributed by atoms with Crippen molar-refractivity contribution in [3.8, 4) is 0 Å². The van der Waals surface area contributed by atoms with E-state index in [9.17, 15) is 0 Å². The van der Waals surface area contributed by atoms with Crippen LogP contribution in [0, 0.1) is 5.92 Å². The van der Waals surface area contributed by atoms with Gasteiger partial charge < -0.3 is 5.73 Å². The lowest BCUT2D eigenvalue weighted by molar-refractivity contribution is 0.318. The van der Waals surface area contributed by atoms with Gasteiger partial charge in [-0.25, -0.2) is 4.98 Å². The van der Waals surface area contributed by atoms with Crippen molar-refractivity contribution in [1.82, 2.24) is 9.88 Å². The number of hydrogen-bond donors (Lipinski definition) is 1. The summed E-state index contributed by atoms with van der Waals surface area (Å²) in [6.45, 7) is 3.82. The molecule has 1 fully saturated rings. The summed E-state index contributed by atoms with van der Waals surface area (Å²) < 4.78 is 0. The summed E-state index contributed by atoms with van der Waals surface area (Å²) in [4.78, 5) is 6.88. The van der Waals surface area contributed by atoms with E-state index in [4.69, 9.17) is 17.3 Å². The zero-order valence-electron chi connectivity index (χ0n) is 10.8. The van der Waals surface area contributed by atoms with Crippen LogP contribution < -0.4 is 5.73 Å². The van der Waals surface area contributed by atoms with Gasteiger partial charge in [-0.05, 0) is 37.6 Å². The molecule has 2 aromatic rings. The molecule has 1 aromatic heterocycles. The zero-order chi connectivity index (χ0) is 13.2. The van der Waals surface area contributed by atoms with E-state index in [0.29, 0.717) is 11.1 Å². The van der Waals surface area contributed by atoms with E-state index < -0.39 is 0 Å². The highest BCUT2D eigenvalue weighted by Gasteiger charge is 2.22. The molecule has 0 amide bonds. The van der Waals surface area contributed by atoms with E-state index in [-0.39, 0.29) is 0 Å². The Morgan fingerprint density at radius 1 is 1.37 bits per heavy atom. The zero-order valence-corrected chi connectivity index (χ0v) is 11.6. The highest BCUT2D eigenvalue weighted by atomic mass is 35.5. The highest BCUT2D eigenvalue weighted by molar-refractivity contribution is 6.30. The fraction of sp³-hybridized carbons (Fsp3) is 0.400. The lowest BCUT2D eigenvalue weighted by Crippen LogP contribution is -2.23. The van der Waals surface area contributed by atoms with Crippen molar-refractivity contribution in [3.05, 3.63) is 41.0 Å². The van der Waals surface area contributed by atoms with Crippen LogP contribution in [0.3, 0.4) is 0 Å². The molecule has 0 radical (unpaired) electrons. The van der Waals surface area contributed by atoms with E-state index in [0.717, 1.165) is 42.6 Å². The Kier molecular flexibility index (Phi) is 3.69. The smallest absolute Gasteiger partial charge is 0.134 e. The second kappa shape index (κ2) is 5.45. The molecular formula is C15H18ClN3. The third-order valence-corrected chi connectivity index (χ3v) is 4.17. The minimum Gasteiger partial charge on any atom is -0.330 e. The van der Waals surface area contributed by atoms with Gasteiger partial charge in [-0.1, -0.05) is 29.8 Å². The predicted octanol–water partition coefficient (Wildman–Crippen LogP) is 2.67. The number of para-hydroxylation sites is 1. The molecule has 0 spiro atoms. The van der Waals surface area contributed by atoms with Gasteiger partial charge in [0.2, 0.25) is 0 Å². The Balaban J connectivity index is 1.83. The Hall–Kier alpha value is -1.16. The minimum atomic E-state index is 0.620. The molecule has 4 heteroatoms. The Morgan fingerprint density at radius 2 is 2.21 bits per heavy atom. The molecule has 1 saturated heterocycles. The van der Waals surface area contributed by atoms with Crippen LogP contribution in [0.4, 0.5) is 0 Å². The molecule has 0 bridgehead atoms. The number of nitrogens with two attached hydrogens (primary N) is 1. The molecule has 0 aliphatic carbocycles. The SMILES string of the molecule is NCC1CCN(Cc2cc3ccccc3nc2Cl)C1. The molecule has 1 aliphatic heterocycles. The average Bonchev–Trinajstić information content (AvgIpc) is 2.87. The van der Waals surface area contributed by atoms with Crippen LogP contribution in [0.15, 0.2) is 30.3 Å². The van der Waals surface area contributed by atoms with Gasteiger partial charge in [0.25, 0.3) is 0 Å². The predicted molar refractivity (Wildman–Crippen MR) is 79.2 cm³/mol. The van der Waals surface area contributed by atoms with Crippen LogP contribution in [0.25, 0.3) is 10.9 Å². The first-order chi connectivity index (χ1) is 9.26. The van der Waals surface area contributed by atoms with Crippen LogP contribution in [0.1, 0.15) is 12.0 Å². The number of rotatable bonds is 3. The first-order valence-electron chi connectivity index (χ1n) is 6.73. The molecule has 1 unspecified atom stereocenters. The Bertz CT molecular complexity index is 585. The maximum Gasteiger partial charge on any atom is 0.134 e. The summed E-state index contributed by atoms with van der Waals surface area (Å²) in [7, 11) is 0.